The van der Waals surface area contributed by atoms with E-state index in [4.69, 9.17) is 5.73 Å². The van der Waals surface area contributed by atoms with Crippen molar-refractivity contribution in [3.63, 3.8) is 0 Å². The molecule has 0 spiro atoms. The van der Waals surface area contributed by atoms with Crippen molar-refractivity contribution in [3.05, 3.63) is 0 Å². The summed E-state index contributed by atoms with van der Waals surface area (Å²) < 4.78 is 0. The van der Waals surface area contributed by atoms with Gasteiger partial charge in [-0.25, -0.2) is 0 Å². The zero-order chi connectivity index (χ0) is 10.3. The Hall–Kier alpha value is -1.06. The van der Waals surface area contributed by atoms with Gasteiger partial charge < -0.3 is 11.1 Å². The molecule has 0 saturated heterocycles. The Morgan fingerprint density at radius 2 is 2.00 bits per heavy atom. The molecule has 0 aromatic rings. The molecule has 13 heavy (non-hydrogen) atoms. The van der Waals surface area contributed by atoms with Crippen LogP contribution in [0.3, 0.4) is 0 Å². The maximum Gasteiger partial charge on any atom is 0.220 e. The zero-order valence-corrected chi connectivity index (χ0v) is 8.30. The van der Waals surface area contributed by atoms with Crippen LogP contribution in [0.4, 0.5) is 0 Å². The smallest absolute Gasteiger partial charge is 0.220 e. The number of hydrogen-bond acceptors (Lipinski definition) is 2. The monoisotopic (exact) mass is 186 g/mol. The molecule has 0 aromatic carbocycles. The quantitative estimate of drug-likeness (QED) is 0.590. The van der Waals surface area contributed by atoms with E-state index in [1.54, 1.807) is 0 Å². The summed E-state index contributed by atoms with van der Waals surface area (Å²) in [5, 5.41) is 2.69. The van der Waals surface area contributed by atoms with Gasteiger partial charge in [-0.1, -0.05) is 13.3 Å². The first-order valence-electron chi connectivity index (χ1n) is 4.57. The van der Waals surface area contributed by atoms with Crippen LogP contribution in [0.15, 0.2) is 0 Å². The summed E-state index contributed by atoms with van der Waals surface area (Å²) in [5.74, 6) is -0.320. The maximum absolute atomic E-state index is 10.6. The zero-order valence-electron chi connectivity index (χ0n) is 8.30. The van der Waals surface area contributed by atoms with Gasteiger partial charge in [0.1, 0.15) is 0 Å². The van der Waals surface area contributed by atoms with Gasteiger partial charge in [0.05, 0.1) is 0 Å². The van der Waals surface area contributed by atoms with Crippen molar-refractivity contribution >= 4 is 11.8 Å². The average Bonchev–Trinajstić information content (AvgIpc) is 2.02. The molecule has 0 aromatic heterocycles. The SMILES string of the molecule is CC(=O)NCCCC[C@H](C)C(N)=O. The molecule has 0 aliphatic rings. The fraction of sp³-hybridized carbons (Fsp3) is 0.778. The Labute approximate surface area is 78.9 Å². The van der Waals surface area contributed by atoms with Crippen LogP contribution in [0.2, 0.25) is 0 Å². The van der Waals surface area contributed by atoms with Gasteiger partial charge in [0.25, 0.3) is 0 Å². The van der Waals surface area contributed by atoms with Gasteiger partial charge in [0.2, 0.25) is 11.8 Å². The summed E-state index contributed by atoms with van der Waals surface area (Å²) in [6.45, 7) is 3.99. The fourth-order valence-electron chi connectivity index (χ4n) is 0.982. The highest BCUT2D eigenvalue weighted by Crippen LogP contribution is 2.05. The normalized spacial score (nSPS) is 12.2. The molecule has 0 rings (SSSR count). The number of nitrogens with one attached hydrogen (secondary N) is 1. The minimum atomic E-state index is -0.250. The molecule has 0 saturated carbocycles. The number of primary amides is 1. The van der Waals surface area contributed by atoms with Gasteiger partial charge in [0, 0.05) is 19.4 Å². The Morgan fingerprint density at radius 3 is 2.46 bits per heavy atom. The van der Waals surface area contributed by atoms with Crippen molar-refractivity contribution in [1.82, 2.24) is 5.32 Å². The first kappa shape index (κ1) is 11.9. The summed E-state index contributed by atoms with van der Waals surface area (Å²) in [7, 11) is 0. The van der Waals surface area contributed by atoms with E-state index in [-0.39, 0.29) is 17.7 Å². The molecule has 4 heteroatoms. The average molecular weight is 186 g/mol. The van der Waals surface area contributed by atoms with E-state index in [0.29, 0.717) is 6.54 Å². The molecule has 0 radical (unpaired) electrons. The van der Waals surface area contributed by atoms with Crippen molar-refractivity contribution in [2.24, 2.45) is 11.7 Å². The fourth-order valence-corrected chi connectivity index (χ4v) is 0.982. The largest absolute Gasteiger partial charge is 0.369 e. The van der Waals surface area contributed by atoms with Gasteiger partial charge in [-0.2, -0.15) is 0 Å². The van der Waals surface area contributed by atoms with Crippen LogP contribution in [-0.2, 0) is 9.59 Å². The summed E-state index contributed by atoms with van der Waals surface area (Å²) in [5.41, 5.74) is 5.09. The summed E-state index contributed by atoms with van der Waals surface area (Å²) in [6, 6.07) is 0. The molecule has 76 valence electrons. The van der Waals surface area contributed by atoms with Gasteiger partial charge in [-0.05, 0) is 12.8 Å². The van der Waals surface area contributed by atoms with Crippen molar-refractivity contribution in [2.75, 3.05) is 6.54 Å². The van der Waals surface area contributed by atoms with Crippen molar-refractivity contribution in [3.8, 4) is 0 Å². The van der Waals surface area contributed by atoms with Crippen molar-refractivity contribution in [1.29, 1.82) is 0 Å². The molecular weight excluding hydrogens is 168 g/mol. The second-order valence-electron chi connectivity index (χ2n) is 3.28. The molecule has 0 fully saturated rings. The summed E-state index contributed by atoms with van der Waals surface area (Å²) >= 11 is 0. The second-order valence-corrected chi connectivity index (χ2v) is 3.28. The molecule has 0 unspecified atom stereocenters. The lowest BCUT2D eigenvalue weighted by Gasteiger charge is -2.06. The number of hydrogen-bond donors (Lipinski definition) is 2. The van der Waals surface area contributed by atoms with Crippen LogP contribution in [-0.4, -0.2) is 18.4 Å². The molecule has 2 amide bonds. The highest BCUT2D eigenvalue weighted by molar-refractivity contribution is 5.76. The number of nitrogens with two attached hydrogens (primary N) is 1. The standard InChI is InChI=1S/C9H18N2O2/c1-7(9(10)13)5-3-4-6-11-8(2)12/h7H,3-6H2,1-2H3,(H2,10,13)(H,11,12)/t7-/m0/s1. The second kappa shape index (κ2) is 6.46. The van der Waals surface area contributed by atoms with E-state index < -0.39 is 0 Å². The summed E-state index contributed by atoms with van der Waals surface area (Å²) in [4.78, 5) is 21.1. The molecule has 0 aliphatic heterocycles. The Morgan fingerprint density at radius 1 is 1.38 bits per heavy atom. The van der Waals surface area contributed by atoms with Crippen LogP contribution >= 0.6 is 0 Å². The lowest BCUT2D eigenvalue weighted by molar-refractivity contribution is -0.121. The number of unbranched alkanes of at least 4 members (excludes halogenated alkanes) is 1. The lowest BCUT2D eigenvalue weighted by Crippen LogP contribution is -2.22. The van der Waals surface area contributed by atoms with E-state index in [1.807, 2.05) is 6.92 Å². The van der Waals surface area contributed by atoms with Gasteiger partial charge in [-0.3, -0.25) is 9.59 Å². The van der Waals surface area contributed by atoms with Gasteiger partial charge in [0.15, 0.2) is 0 Å². The number of rotatable bonds is 6. The molecule has 0 bridgehead atoms. The Kier molecular flexibility index (Phi) is 5.93. The first-order chi connectivity index (χ1) is 6.04. The molecule has 1 atom stereocenters. The van der Waals surface area contributed by atoms with Crippen LogP contribution in [0.5, 0.6) is 0 Å². The van der Waals surface area contributed by atoms with E-state index >= 15 is 0 Å². The third-order valence-corrected chi connectivity index (χ3v) is 1.92. The van der Waals surface area contributed by atoms with Crippen LogP contribution in [0, 0.1) is 5.92 Å². The lowest BCUT2D eigenvalue weighted by atomic mass is 10.0. The van der Waals surface area contributed by atoms with Crippen molar-refractivity contribution < 1.29 is 9.59 Å². The predicted molar refractivity (Wildman–Crippen MR) is 50.9 cm³/mol. The minimum Gasteiger partial charge on any atom is -0.369 e. The third-order valence-electron chi connectivity index (χ3n) is 1.92. The van der Waals surface area contributed by atoms with E-state index in [9.17, 15) is 9.59 Å². The van der Waals surface area contributed by atoms with Gasteiger partial charge >= 0.3 is 0 Å². The van der Waals surface area contributed by atoms with Crippen LogP contribution in [0.1, 0.15) is 33.1 Å². The van der Waals surface area contributed by atoms with Crippen LogP contribution < -0.4 is 11.1 Å². The van der Waals surface area contributed by atoms with E-state index in [0.717, 1.165) is 19.3 Å². The minimum absolute atomic E-state index is 0.0112. The summed E-state index contributed by atoms with van der Waals surface area (Å²) in [6.07, 6.45) is 2.62. The topological polar surface area (TPSA) is 72.2 Å². The predicted octanol–water partition coefficient (Wildman–Crippen LogP) is 0.414. The molecular formula is C9H18N2O2. The third kappa shape index (κ3) is 7.31. The first-order valence-corrected chi connectivity index (χ1v) is 4.57. The highest BCUT2D eigenvalue weighted by Gasteiger charge is 2.06. The highest BCUT2D eigenvalue weighted by atomic mass is 16.1. The Bertz CT molecular complexity index is 180. The van der Waals surface area contributed by atoms with Gasteiger partial charge in [-0.15, -0.1) is 0 Å². The van der Waals surface area contributed by atoms with Crippen LogP contribution in [0.25, 0.3) is 0 Å². The number of carbonyl (C=O) groups excluding carboxylic acids is 2. The number of carbonyl (C=O) groups is 2. The van der Waals surface area contributed by atoms with E-state index in [1.165, 1.54) is 6.92 Å². The van der Waals surface area contributed by atoms with E-state index in [2.05, 4.69) is 5.32 Å². The van der Waals surface area contributed by atoms with Crippen molar-refractivity contribution in [2.45, 2.75) is 33.1 Å². The molecule has 4 nitrogen and oxygen atoms in total. The molecule has 3 N–H and O–H groups in total. The maximum atomic E-state index is 10.6. The molecule has 0 aliphatic carbocycles. The molecule has 0 heterocycles. The Balaban J connectivity index is 3.26. The number of amides is 2.